The van der Waals surface area contributed by atoms with Crippen LogP contribution in [-0.4, -0.2) is 35.3 Å². The highest BCUT2D eigenvalue weighted by atomic mass is 16.2. The second kappa shape index (κ2) is 6.37. The molecule has 3 unspecified atom stereocenters. The van der Waals surface area contributed by atoms with E-state index < -0.39 is 0 Å². The van der Waals surface area contributed by atoms with Crippen LogP contribution < -0.4 is 5.32 Å². The number of nitrogens with zero attached hydrogens (tertiary/aromatic N) is 1. The van der Waals surface area contributed by atoms with E-state index in [1.807, 2.05) is 4.90 Å². The maximum Gasteiger partial charge on any atom is 0.245 e. The Bertz CT molecular complexity index is 406. The second-order valence-corrected chi connectivity index (χ2v) is 7.46. The standard InChI is InChI=1S/C17H30N2O2/c1-5-12(2)15-16(21)19(11-9-14(20)18-15)13-8-6-7-10-17(13,3)4/h12-13,15H,5-11H2,1-4H3,(H,18,20). The number of amides is 2. The molecular formula is C17H30N2O2. The Morgan fingerprint density at radius 3 is 2.67 bits per heavy atom. The van der Waals surface area contributed by atoms with Crippen molar-refractivity contribution >= 4 is 11.8 Å². The van der Waals surface area contributed by atoms with E-state index in [0.717, 1.165) is 19.3 Å². The third-order valence-electron chi connectivity index (χ3n) is 5.49. The maximum absolute atomic E-state index is 13.0. The van der Waals surface area contributed by atoms with Crippen molar-refractivity contribution in [1.82, 2.24) is 10.2 Å². The van der Waals surface area contributed by atoms with E-state index in [9.17, 15) is 9.59 Å². The summed E-state index contributed by atoms with van der Waals surface area (Å²) in [6.07, 6.45) is 6.01. The Balaban J connectivity index is 2.24. The third-order valence-corrected chi connectivity index (χ3v) is 5.49. The molecule has 120 valence electrons. The van der Waals surface area contributed by atoms with Crippen LogP contribution >= 0.6 is 0 Å². The fourth-order valence-corrected chi connectivity index (χ4v) is 3.80. The number of carbonyl (C=O) groups excluding carboxylic acids is 2. The molecule has 4 nitrogen and oxygen atoms in total. The lowest BCUT2D eigenvalue weighted by molar-refractivity contribution is -0.140. The quantitative estimate of drug-likeness (QED) is 0.870. The summed E-state index contributed by atoms with van der Waals surface area (Å²) in [5.74, 6) is 0.341. The highest BCUT2D eigenvalue weighted by Crippen LogP contribution is 2.39. The lowest BCUT2D eigenvalue weighted by Crippen LogP contribution is -2.55. The lowest BCUT2D eigenvalue weighted by Gasteiger charge is -2.46. The van der Waals surface area contributed by atoms with Gasteiger partial charge >= 0.3 is 0 Å². The Morgan fingerprint density at radius 1 is 1.33 bits per heavy atom. The molecule has 0 bridgehead atoms. The van der Waals surface area contributed by atoms with Gasteiger partial charge in [-0.25, -0.2) is 0 Å². The van der Waals surface area contributed by atoms with Crippen LogP contribution in [0.2, 0.25) is 0 Å². The fourth-order valence-electron chi connectivity index (χ4n) is 3.80. The van der Waals surface area contributed by atoms with E-state index in [-0.39, 0.29) is 35.2 Å². The molecular weight excluding hydrogens is 264 g/mol. The minimum absolute atomic E-state index is 0.0183. The topological polar surface area (TPSA) is 49.4 Å². The SMILES string of the molecule is CCC(C)C1NC(=O)CCN(C2CCCCC2(C)C)C1=O. The van der Waals surface area contributed by atoms with Gasteiger partial charge in [-0.15, -0.1) is 0 Å². The highest BCUT2D eigenvalue weighted by Gasteiger charge is 2.42. The molecule has 0 aromatic carbocycles. The van der Waals surface area contributed by atoms with Crippen molar-refractivity contribution in [3.63, 3.8) is 0 Å². The summed E-state index contributed by atoms with van der Waals surface area (Å²) in [6.45, 7) is 9.24. The van der Waals surface area contributed by atoms with Gasteiger partial charge in [0.15, 0.2) is 0 Å². The van der Waals surface area contributed by atoms with Crippen molar-refractivity contribution in [2.24, 2.45) is 11.3 Å². The average Bonchev–Trinajstić information content (AvgIpc) is 2.58. The van der Waals surface area contributed by atoms with Crippen LogP contribution in [0.4, 0.5) is 0 Å². The lowest BCUT2D eigenvalue weighted by atomic mass is 9.72. The van der Waals surface area contributed by atoms with E-state index in [1.54, 1.807) is 0 Å². The van der Waals surface area contributed by atoms with Crippen LogP contribution in [0.1, 0.15) is 66.2 Å². The number of hydrogen-bond acceptors (Lipinski definition) is 2. The van der Waals surface area contributed by atoms with Gasteiger partial charge in [-0.3, -0.25) is 9.59 Å². The Kier molecular flexibility index (Phi) is 4.95. The molecule has 2 rings (SSSR count). The van der Waals surface area contributed by atoms with E-state index in [2.05, 4.69) is 33.0 Å². The van der Waals surface area contributed by atoms with Crippen LogP contribution in [-0.2, 0) is 9.59 Å². The smallest absolute Gasteiger partial charge is 0.245 e. The molecule has 2 fully saturated rings. The van der Waals surface area contributed by atoms with Gasteiger partial charge in [-0.05, 0) is 24.2 Å². The van der Waals surface area contributed by atoms with Gasteiger partial charge < -0.3 is 10.2 Å². The first-order valence-corrected chi connectivity index (χ1v) is 8.46. The zero-order valence-corrected chi connectivity index (χ0v) is 13.9. The van der Waals surface area contributed by atoms with Gasteiger partial charge in [0, 0.05) is 19.0 Å². The van der Waals surface area contributed by atoms with Crippen LogP contribution in [0.3, 0.4) is 0 Å². The van der Waals surface area contributed by atoms with Gasteiger partial charge in [-0.2, -0.15) is 0 Å². The van der Waals surface area contributed by atoms with Crippen LogP contribution in [0.25, 0.3) is 0 Å². The van der Waals surface area contributed by atoms with Crippen molar-refractivity contribution in [1.29, 1.82) is 0 Å². The van der Waals surface area contributed by atoms with Crippen LogP contribution in [0.15, 0.2) is 0 Å². The monoisotopic (exact) mass is 294 g/mol. The summed E-state index contributed by atoms with van der Waals surface area (Å²) in [6, 6.07) is -0.0688. The first kappa shape index (κ1) is 16.3. The minimum Gasteiger partial charge on any atom is -0.344 e. The maximum atomic E-state index is 13.0. The van der Waals surface area contributed by atoms with Gasteiger partial charge in [0.2, 0.25) is 11.8 Å². The molecule has 3 atom stereocenters. The van der Waals surface area contributed by atoms with Crippen molar-refractivity contribution in [2.75, 3.05) is 6.54 Å². The predicted molar refractivity (Wildman–Crippen MR) is 83.8 cm³/mol. The number of rotatable bonds is 3. The normalized spacial score (nSPS) is 31.5. The van der Waals surface area contributed by atoms with Crippen LogP contribution in [0.5, 0.6) is 0 Å². The zero-order chi connectivity index (χ0) is 15.6. The first-order valence-electron chi connectivity index (χ1n) is 8.46. The minimum atomic E-state index is -0.345. The van der Waals surface area contributed by atoms with E-state index >= 15 is 0 Å². The van der Waals surface area contributed by atoms with Crippen molar-refractivity contribution in [3.8, 4) is 0 Å². The molecule has 21 heavy (non-hydrogen) atoms. The van der Waals surface area contributed by atoms with Crippen LogP contribution in [0, 0.1) is 11.3 Å². The van der Waals surface area contributed by atoms with E-state index in [1.165, 1.54) is 12.8 Å². The summed E-state index contributed by atoms with van der Waals surface area (Å²) in [7, 11) is 0. The molecule has 0 spiro atoms. The predicted octanol–water partition coefficient (Wildman–Crippen LogP) is 2.72. The molecule has 0 aromatic rings. The molecule has 1 aliphatic carbocycles. The summed E-state index contributed by atoms with van der Waals surface area (Å²) in [5, 5.41) is 2.95. The molecule has 1 saturated heterocycles. The molecule has 2 aliphatic rings. The van der Waals surface area contributed by atoms with E-state index in [0.29, 0.717) is 13.0 Å². The molecule has 0 radical (unpaired) electrons. The molecule has 1 saturated carbocycles. The molecule has 2 amide bonds. The summed E-state index contributed by atoms with van der Waals surface area (Å²) < 4.78 is 0. The zero-order valence-electron chi connectivity index (χ0n) is 13.9. The Morgan fingerprint density at radius 2 is 2.05 bits per heavy atom. The van der Waals surface area contributed by atoms with Gasteiger partial charge in [0.1, 0.15) is 6.04 Å². The first-order chi connectivity index (χ1) is 9.86. The summed E-state index contributed by atoms with van der Waals surface area (Å²) >= 11 is 0. The average molecular weight is 294 g/mol. The van der Waals surface area contributed by atoms with Crippen molar-refractivity contribution in [3.05, 3.63) is 0 Å². The number of nitrogens with one attached hydrogen (secondary N) is 1. The number of hydrogen-bond donors (Lipinski definition) is 1. The Hall–Kier alpha value is -1.06. The van der Waals surface area contributed by atoms with Gasteiger partial charge in [0.25, 0.3) is 0 Å². The van der Waals surface area contributed by atoms with Gasteiger partial charge in [0.05, 0.1) is 0 Å². The molecule has 1 aliphatic heterocycles. The van der Waals surface area contributed by atoms with E-state index in [4.69, 9.17) is 0 Å². The second-order valence-electron chi connectivity index (χ2n) is 7.46. The largest absolute Gasteiger partial charge is 0.344 e. The molecule has 1 heterocycles. The molecule has 1 N–H and O–H groups in total. The van der Waals surface area contributed by atoms with Crippen molar-refractivity contribution in [2.45, 2.75) is 78.3 Å². The Labute approximate surface area is 128 Å². The molecule has 4 heteroatoms. The van der Waals surface area contributed by atoms with Crippen molar-refractivity contribution < 1.29 is 9.59 Å². The molecule has 0 aromatic heterocycles. The summed E-state index contributed by atoms with van der Waals surface area (Å²) in [5.41, 5.74) is 0.154. The highest BCUT2D eigenvalue weighted by molar-refractivity contribution is 5.90. The number of carbonyl (C=O) groups is 2. The fraction of sp³-hybridized carbons (Fsp3) is 0.882. The van der Waals surface area contributed by atoms with Gasteiger partial charge in [-0.1, -0.05) is 47.0 Å². The summed E-state index contributed by atoms with van der Waals surface area (Å²) in [4.78, 5) is 27.0. The third kappa shape index (κ3) is 3.41.